The quantitative estimate of drug-likeness (QED) is 0.399. The van der Waals surface area contributed by atoms with Gasteiger partial charge in [-0.3, -0.25) is 0 Å². The highest BCUT2D eigenvalue weighted by Crippen LogP contribution is 2.23. The number of para-hydroxylation sites is 1. The molecule has 8 nitrogen and oxygen atoms in total. The van der Waals surface area contributed by atoms with Crippen LogP contribution in [0.25, 0.3) is 6.08 Å². The smallest absolute Gasteiger partial charge is 0.333 e. The van der Waals surface area contributed by atoms with Gasteiger partial charge in [-0.15, -0.1) is 0 Å². The molecule has 2 rings (SSSR count). The van der Waals surface area contributed by atoms with E-state index in [-0.39, 0.29) is 0 Å². The Bertz CT molecular complexity index is 585. The summed E-state index contributed by atoms with van der Waals surface area (Å²) in [6.45, 7) is -0.601. The minimum atomic E-state index is -1.63. The fourth-order valence-corrected chi connectivity index (χ4v) is 2.28. The first-order valence-electron chi connectivity index (χ1n) is 7.30. The van der Waals surface area contributed by atoms with E-state index in [9.17, 15) is 20.1 Å². The van der Waals surface area contributed by atoms with Gasteiger partial charge in [-0.25, -0.2) is 4.79 Å². The van der Waals surface area contributed by atoms with E-state index in [1.165, 1.54) is 13.2 Å². The van der Waals surface area contributed by atoms with Crippen molar-refractivity contribution in [2.45, 2.75) is 30.7 Å². The second kappa shape index (κ2) is 8.22. The van der Waals surface area contributed by atoms with Crippen LogP contribution in [0.15, 0.2) is 30.3 Å². The van der Waals surface area contributed by atoms with E-state index in [2.05, 4.69) is 0 Å². The van der Waals surface area contributed by atoms with Crippen molar-refractivity contribution in [2.75, 3.05) is 13.7 Å². The molecule has 1 aliphatic heterocycles. The van der Waals surface area contributed by atoms with Crippen LogP contribution >= 0.6 is 0 Å². The summed E-state index contributed by atoms with van der Waals surface area (Å²) < 4.78 is 15.2. The topological polar surface area (TPSA) is 126 Å². The highest BCUT2D eigenvalue weighted by Gasteiger charge is 2.45. The molecule has 0 bridgehead atoms. The molecule has 4 N–H and O–H groups in total. The number of benzene rings is 1. The monoisotopic (exact) mass is 340 g/mol. The third-order valence-electron chi connectivity index (χ3n) is 3.62. The lowest BCUT2D eigenvalue weighted by molar-refractivity contribution is -0.291. The van der Waals surface area contributed by atoms with E-state index in [4.69, 9.17) is 19.3 Å². The van der Waals surface area contributed by atoms with Gasteiger partial charge in [0.1, 0.15) is 30.2 Å². The van der Waals surface area contributed by atoms with Crippen molar-refractivity contribution in [1.29, 1.82) is 0 Å². The zero-order chi connectivity index (χ0) is 17.7. The first-order valence-corrected chi connectivity index (χ1v) is 7.30. The summed E-state index contributed by atoms with van der Waals surface area (Å²) in [7, 11) is 1.50. The van der Waals surface area contributed by atoms with Crippen molar-refractivity contribution < 1.29 is 39.4 Å². The third-order valence-corrected chi connectivity index (χ3v) is 3.62. The molecule has 0 aliphatic carbocycles. The van der Waals surface area contributed by atoms with Crippen molar-refractivity contribution in [3.63, 3.8) is 0 Å². The average molecular weight is 340 g/mol. The number of methoxy groups -OCH3 is 1. The summed E-state index contributed by atoms with van der Waals surface area (Å²) in [5.74, 6) is -0.264. The molecule has 1 aliphatic rings. The lowest BCUT2D eigenvalue weighted by Gasteiger charge is -2.38. The van der Waals surface area contributed by atoms with Gasteiger partial charge in [0.15, 0.2) is 0 Å². The van der Waals surface area contributed by atoms with Crippen LogP contribution in [0, 0.1) is 0 Å². The first kappa shape index (κ1) is 18.4. The van der Waals surface area contributed by atoms with Crippen LogP contribution in [0.2, 0.25) is 0 Å². The molecule has 0 aromatic heterocycles. The summed E-state index contributed by atoms with van der Waals surface area (Å²) in [4.78, 5) is 11.9. The number of esters is 1. The van der Waals surface area contributed by atoms with Gasteiger partial charge in [0.25, 0.3) is 0 Å². The van der Waals surface area contributed by atoms with E-state index in [1.54, 1.807) is 24.3 Å². The van der Waals surface area contributed by atoms with Crippen molar-refractivity contribution in [1.82, 2.24) is 0 Å². The molecular weight excluding hydrogens is 320 g/mol. The summed E-state index contributed by atoms with van der Waals surface area (Å²) in [6.07, 6.45) is -4.82. The zero-order valence-electron chi connectivity index (χ0n) is 13.0. The number of aliphatic hydroxyl groups excluding tert-OH is 4. The van der Waals surface area contributed by atoms with Gasteiger partial charge in [-0.1, -0.05) is 18.2 Å². The van der Waals surface area contributed by atoms with Crippen LogP contribution < -0.4 is 4.74 Å². The molecule has 0 amide bonds. The van der Waals surface area contributed by atoms with Gasteiger partial charge >= 0.3 is 5.97 Å². The Labute approximate surface area is 138 Å². The van der Waals surface area contributed by atoms with Crippen LogP contribution in [0.1, 0.15) is 5.56 Å². The predicted octanol–water partition coefficient (Wildman–Crippen LogP) is -0.949. The molecule has 132 valence electrons. The van der Waals surface area contributed by atoms with Crippen molar-refractivity contribution in [2.24, 2.45) is 0 Å². The minimum Gasteiger partial charge on any atom is -0.496 e. The van der Waals surface area contributed by atoms with Gasteiger partial charge in [0, 0.05) is 11.6 Å². The molecular formula is C16H20O8. The van der Waals surface area contributed by atoms with E-state index in [1.807, 2.05) is 0 Å². The normalized spacial score (nSPS) is 30.3. The van der Waals surface area contributed by atoms with E-state index >= 15 is 0 Å². The Morgan fingerprint density at radius 3 is 2.58 bits per heavy atom. The number of hydrogen-bond donors (Lipinski definition) is 4. The number of carbonyl (C=O) groups is 1. The molecule has 0 saturated carbocycles. The van der Waals surface area contributed by atoms with E-state index in [0.717, 1.165) is 6.08 Å². The van der Waals surface area contributed by atoms with Gasteiger partial charge in [0.2, 0.25) is 6.29 Å². The molecule has 0 unspecified atom stereocenters. The fraction of sp³-hybridized carbons (Fsp3) is 0.438. The lowest BCUT2D eigenvalue weighted by atomic mass is 9.99. The standard InChI is InChI=1S/C16H20O8/c1-22-10-5-3-2-4-9(10)6-7-12(18)24-16-15(21)14(20)13(19)11(8-17)23-16/h2-7,11,13-17,19-21H,8H2,1H3/b7-6+/t11-,13-,14+,15-,16+/m1/s1. The molecule has 0 radical (unpaired) electrons. The highest BCUT2D eigenvalue weighted by molar-refractivity contribution is 5.87. The Balaban J connectivity index is 2.02. The molecule has 1 saturated heterocycles. The molecule has 1 aromatic rings. The SMILES string of the molecule is COc1ccccc1/C=C/C(=O)O[C@@H]1O[C@H](CO)[C@@H](O)[C@H](O)[C@H]1O. The largest absolute Gasteiger partial charge is 0.496 e. The summed E-state index contributed by atoms with van der Waals surface area (Å²) in [5.41, 5.74) is 0.644. The predicted molar refractivity (Wildman–Crippen MR) is 81.9 cm³/mol. The van der Waals surface area contributed by atoms with Gasteiger partial charge in [-0.05, 0) is 12.1 Å². The summed E-state index contributed by atoms with van der Waals surface area (Å²) in [5, 5.41) is 38.2. The van der Waals surface area contributed by atoms with E-state index < -0.39 is 43.3 Å². The minimum absolute atomic E-state index is 0.564. The Morgan fingerprint density at radius 2 is 1.92 bits per heavy atom. The maximum absolute atomic E-state index is 11.9. The molecule has 1 fully saturated rings. The van der Waals surface area contributed by atoms with Crippen LogP contribution in [0.3, 0.4) is 0 Å². The zero-order valence-corrected chi connectivity index (χ0v) is 13.0. The fourth-order valence-electron chi connectivity index (χ4n) is 2.28. The van der Waals surface area contributed by atoms with Crippen LogP contribution in [-0.4, -0.2) is 70.8 Å². The highest BCUT2D eigenvalue weighted by atomic mass is 16.7. The average Bonchev–Trinajstić information content (AvgIpc) is 2.60. The molecule has 24 heavy (non-hydrogen) atoms. The van der Waals surface area contributed by atoms with Crippen molar-refractivity contribution >= 4 is 12.0 Å². The molecule has 5 atom stereocenters. The van der Waals surface area contributed by atoms with Crippen molar-refractivity contribution in [3.05, 3.63) is 35.9 Å². The van der Waals surface area contributed by atoms with Crippen molar-refractivity contribution in [3.8, 4) is 5.75 Å². The third kappa shape index (κ3) is 4.11. The summed E-state index contributed by atoms with van der Waals surface area (Å²) in [6, 6.07) is 7.01. The van der Waals surface area contributed by atoms with Gasteiger partial charge < -0.3 is 34.6 Å². The van der Waals surface area contributed by atoms with Crippen LogP contribution in [0.5, 0.6) is 5.75 Å². The maximum Gasteiger partial charge on any atom is 0.333 e. The molecule has 1 aromatic carbocycles. The first-order chi connectivity index (χ1) is 11.5. The second-order valence-electron chi connectivity index (χ2n) is 5.21. The summed E-state index contributed by atoms with van der Waals surface area (Å²) >= 11 is 0. The Hall–Kier alpha value is -1.97. The number of aliphatic hydroxyl groups is 4. The number of carbonyl (C=O) groups excluding carboxylic acids is 1. The molecule has 8 heteroatoms. The molecule has 1 heterocycles. The maximum atomic E-state index is 11.9. The van der Waals surface area contributed by atoms with Gasteiger partial charge in [0.05, 0.1) is 13.7 Å². The van der Waals surface area contributed by atoms with Gasteiger partial charge in [-0.2, -0.15) is 0 Å². The van der Waals surface area contributed by atoms with E-state index in [0.29, 0.717) is 11.3 Å². The second-order valence-corrected chi connectivity index (χ2v) is 5.21. The number of hydrogen-bond acceptors (Lipinski definition) is 8. The van der Waals surface area contributed by atoms with Crippen LogP contribution in [0.4, 0.5) is 0 Å². The Kier molecular flexibility index (Phi) is 6.29. The number of ether oxygens (including phenoxy) is 3. The Morgan fingerprint density at radius 1 is 1.21 bits per heavy atom. The number of rotatable bonds is 5. The van der Waals surface area contributed by atoms with Crippen LogP contribution in [-0.2, 0) is 14.3 Å². The lowest BCUT2D eigenvalue weighted by Crippen LogP contribution is -2.59. The molecule has 0 spiro atoms.